The van der Waals surface area contributed by atoms with E-state index in [1.165, 1.54) is 37.8 Å². The molecule has 168 valence electrons. The van der Waals surface area contributed by atoms with Crippen molar-refractivity contribution in [2.24, 2.45) is 46.3 Å². The van der Waals surface area contributed by atoms with E-state index in [9.17, 15) is 10.2 Å². The van der Waals surface area contributed by atoms with Crippen LogP contribution in [0.15, 0.2) is 11.6 Å². The molecule has 3 saturated carbocycles. The largest absolute Gasteiger partial charge is 0.393 e. The SMILES string of the molecule is C[C@H]1CC[C@@H]2[C@@H](C)[C@H]3[C@H](C[C@H]4[C@@H]5CC=C6CC(O)CC[C@]6(C)[C@H]5CC(O)[C@]34C)N2C1. The lowest BCUT2D eigenvalue weighted by atomic mass is 9.46. The fourth-order valence-corrected chi connectivity index (χ4v) is 10.3. The van der Waals surface area contributed by atoms with Crippen molar-refractivity contribution in [3.63, 3.8) is 0 Å². The molecule has 2 heterocycles. The molecular weight excluding hydrogens is 370 g/mol. The first-order chi connectivity index (χ1) is 14.2. The standard InChI is InChI=1S/C27H43NO2/c1-15-5-8-22-16(2)25-23(28(22)14-15)12-21-19-7-6-17-11-18(29)9-10-26(17,3)20(19)13-24(30)27(21,25)4/h6,15-16,18-25,29-30H,5,7-14H2,1-4H3/t15-,16+,18?,19+,20-,21-,22+,23-,24?,25-,26-,27+/m0/s1. The molecule has 3 nitrogen and oxygen atoms in total. The third kappa shape index (κ3) is 2.44. The second-order valence-corrected chi connectivity index (χ2v) is 12.9. The van der Waals surface area contributed by atoms with Gasteiger partial charge in [-0.3, -0.25) is 4.90 Å². The maximum atomic E-state index is 11.8. The van der Waals surface area contributed by atoms with E-state index in [0.29, 0.717) is 23.8 Å². The summed E-state index contributed by atoms with van der Waals surface area (Å²) in [4.78, 5) is 2.91. The van der Waals surface area contributed by atoms with Gasteiger partial charge in [0.15, 0.2) is 0 Å². The molecule has 2 aliphatic heterocycles. The minimum absolute atomic E-state index is 0.0850. The lowest BCUT2D eigenvalue weighted by Gasteiger charge is -2.60. The number of fused-ring (bicyclic) bond motifs is 9. The molecule has 5 fully saturated rings. The van der Waals surface area contributed by atoms with Crippen LogP contribution in [-0.4, -0.2) is 45.9 Å². The number of piperidine rings is 1. The van der Waals surface area contributed by atoms with Crippen LogP contribution in [0.1, 0.15) is 79.1 Å². The van der Waals surface area contributed by atoms with Gasteiger partial charge in [0.05, 0.1) is 12.2 Å². The molecule has 0 spiro atoms. The zero-order valence-electron chi connectivity index (χ0n) is 19.6. The van der Waals surface area contributed by atoms with Crippen molar-refractivity contribution in [1.29, 1.82) is 0 Å². The number of aliphatic hydroxyl groups is 2. The Hall–Kier alpha value is -0.380. The second kappa shape index (κ2) is 6.58. The van der Waals surface area contributed by atoms with Crippen LogP contribution >= 0.6 is 0 Å². The van der Waals surface area contributed by atoms with E-state index >= 15 is 0 Å². The molecule has 2 N–H and O–H groups in total. The summed E-state index contributed by atoms with van der Waals surface area (Å²) in [5, 5.41) is 22.1. The van der Waals surface area contributed by atoms with E-state index in [1.54, 1.807) is 0 Å². The molecule has 30 heavy (non-hydrogen) atoms. The van der Waals surface area contributed by atoms with Crippen molar-refractivity contribution in [2.75, 3.05) is 6.54 Å². The van der Waals surface area contributed by atoms with Crippen LogP contribution < -0.4 is 0 Å². The molecule has 4 aliphatic carbocycles. The van der Waals surface area contributed by atoms with Gasteiger partial charge in [0, 0.05) is 24.0 Å². The van der Waals surface area contributed by atoms with Gasteiger partial charge in [-0.25, -0.2) is 0 Å². The minimum Gasteiger partial charge on any atom is -0.393 e. The predicted octanol–water partition coefficient (Wildman–Crippen LogP) is 4.63. The summed E-state index contributed by atoms with van der Waals surface area (Å²) in [6, 6.07) is 1.46. The molecule has 2 saturated heterocycles. The highest BCUT2D eigenvalue weighted by Crippen LogP contribution is 2.69. The zero-order chi connectivity index (χ0) is 21.0. The summed E-state index contributed by atoms with van der Waals surface area (Å²) in [7, 11) is 0. The third-order valence-electron chi connectivity index (χ3n) is 11.8. The van der Waals surface area contributed by atoms with E-state index in [4.69, 9.17) is 0 Å². The Morgan fingerprint density at radius 2 is 1.80 bits per heavy atom. The summed E-state index contributed by atoms with van der Waals surface area (Å²) >= 11 is 0. The molecule has 0 bridgehead atoms. The molecule has 6 aliphatic rings. The van der Waals surface area contributed by atoms with Crippen molar-refractivity contribution in [3.05, 3.63) is 11.6 Å². The molecule has 0 aromatic carbocycles. The van der Waals surface area contributed by atoms with Gasteiger partial charge in [-0.2, -0.15) is 0 Å². The smallest absolute Gasteiger partial charge is 0.0603 e. The topological polar surface area (TPSA) is 43.7 Å². The lowest BCUT2D eigenvalue weighted by molar-refractivity contribution is -0.135. The molecule has 0 aromatic rings. The monoisotopic (exact) mass is 413 g/mol. The zero-order valence-corrected chi connectivity index (χ0v) is 19.6. The highest BCUT2D eigenvalue weighted by atomic mass is 16.3. The van der Waals surface area contributed by atoms with Crippen molar-refractivity contribution in [2.45, 2.75) is 103 Å². The Morgan fingerprint density at radius 3 is 2.60 bits per heavy atom. The van der Waals surface area contributed by atoms with E-state index < -0.39 is 0 Å². The maximum absolute atomic E-state index is 11.8. The van der Waals surface area contributed by atoms with Crippen LogP contribution in [0, 0.1) is 46.3 Å². The van der Waals surface area contributed by atoms with Crippen LogP contribution in [0.3, 0.4) is 0 Å². The second-order valence-electron chi connectivity index (χ2n) is 12.9. The number of hydrogen-bond donors (Lipinski definition) is 2. The van der Waals surface area contributed by atoms with E-state index in [2.05, 4.69) is 38.7 Å². The lowest BCUT2D eigenvalue weighted by Crippen LogP contribution is -2.57. The maximum Gasteiger partial charge on any atom is 0.0603 e. The van der Waals surface area contributed by atoms with Gasteiger partial charge in [0.25, 0.3) is 0 Å². The number of hydrogen-bond acceptors (Lipinski definition) is 3. The summed E-state index contributed by atoms with van der Waals surface area (Å²) in [5.74, 6) is 4.19. The average molecular weight is 414 g/mol. The summed E-state index contributed by atoms with van der Waals surface area (Å²) in [6.07, 6.45) is 11.4. The first-order valence-electron chi connectivity index (χ1n) is 13.1. The molecule has 6 rings (SSSR count). The minimum atomic E-state index is -0.164. The van der Waals surface area contributed by atoms with Crippen molar-refractivity contribution >= 4 is 0 Å². The summed E-state index contributed by atoms with van der Waals surface area (Å²) in [6.45, 7) is 11.2. The van der Waals surface area contributed by atoms with Crippen LogP contribution in [-0.2, 0) is 0 Å². The summed E-state index contributed by atoms with van der Waals surface area (Å²) in [5.41, 5.74) is 1.80. The number of nitrogens with zero attached hydrogens (tertiary/aromatic N) is 1. The van der Waals surface area contributed by atoms with Crippen molar-refractivity contribution in [1.82, 2.24) is 4.90 Å². The molecular formula is C27H43NO2. The highest BCUT2D eigenvalue weighted by Gasteiger charge is 2.69. The molecule has 3 heteroatoms. The quantitative estimate of drug-likeness (QED) is 0.569. The number of aliphatic hydroxyl groups excluding tert-OH is 2. The van der Waals surface area contributed by atoms with Gasteiger partial charge in [-0.05, 0) is 92.3 Å². The third-order valence-corrected chi connectivity index (χ3v) is 11.8. The normalized spacial score (nSPS) is 60.1. The Bertz CT molecular complexity index is 749. The fraction of sp³-hybridized carbons (Fsp3) is 0.926. The number of allylic oxidation sites excluding steroid dienone is 1. The van der Waals surface area contributed by atoms with Gasteiger partial charge in [-0.15, -0.1) is 0 Å². The first kappa shape index (κ1) is 20.2. The van der Waals surface area contributed by atoms with Crippen LogP contribution in [0.2, 0.25) is 0 Å². The molecule has 12 atom stereocenters. The van der Waals surface area contributed by atoms with Crippen LogP contribution in [0.25, 0.3) is 0 Å². The molecule has 2 unspecified atom stereocenters. The van der Waals surface area contributed by atoms with Gasteiger partial charge in [-0.1, -0.05) is 39.3 Å². The van der Waals surface area contributed by atoms with E-state index in [-0.39, 0.29) is 23.0 Å². The van der Waals surface area contributed by atoms with E-state index in [1.807, 2.05) is 0 Å². The van der Waals surface area contributed by atoms with Crippen molar-refractivity contribution < 1.29 is 10.2 Å². The molecule has 0 radical (unpaired) electrons. The Balaban J connectivity index is 1.36. The highest BCUT2D eigenvalue weighted by molar-refractivity contribution is 5.27. The first-order valence-corrected chi connectivity index (χ1v) is 13.1. The Kier molecular flexibility index (Phi) is 4.44. The van der Waals surface area contributed by atoms with Gasteiger partial charge < -0.3 is 10.2 Å². The van der Waals surface area contributed by atoms with Gasteiger partial charge in [0.1, 0.15) is 0 Å². The number of rotatable bonds is 0. The predicted molar refractivity (Wildman–Crippen MR) is 120 cm³/mol. The Labute approximate surface area is 183 Å². The summed E-state index contributed by atoms with van der Waals surface area (Å²) < 4.78 is 0. The van der Waals surface area contributed by atoms with E-state index in [0.717, 1.165) is 49.5 Å². The van der Waals surface area contributed by atoms with Gasteiger partial charge in [0.2, 0.25) is 0 Å². The van der Waals surface area contributed by atoms with Crippen LogP contribution in [0.5, 0.6) is 0 Å². The molecule has 0 aromatic heterocycles. The Morgan fingerprint density at radius 1 is 1.00 bits per heavy atom. The molecule has 0 amide bonds. The fourth-order valence-electron chi connectivity index (χ4n) is 10.3. The van der Waals surface area contributed by atoms with Crippen LogP contribution in [0.4, 0.5) is 0 Å². The average Bonchev–Trinajstić information content (AvgIpc) is 3.17. The van der Waals surface area contributed by atoms with Crippen molar-refractivity contribution in [3.8, 4) is 0 Å². The van der Waals surface area contributed by atoms with Gasteiger partial charge >= 0.3 is 0 Å².